The summed E-state index contributed by atoms with van der Waals surface area (Å²) in [5.41, 5.74) is 0.861. The van der Waals surface area contributed by atoms with Gasteiger partial charge in [-0.05, 0) is 60.5 Å². The fourth-order valence-electron chi connectivity index (χ4n) is 3.46. The van der Waals surface area contributed by atoms with Gasteiger partial charge in [-0.1, -0.05) is 42.8 Å². The minimum Gasteiger partial charge on any atom is -0.494 e. The summed E-state index contributed by atoms with van der Waals surface area (Å²) in [7, 11) is 0. The van der Waals surface area contributed by atoms with E-state index in [0.717, 1.165) is 11.3 Å². The lowest BCUT2D eigenvalue weighted by molar-refractivity contribution is -0.122. The third kappa shape index (κ3) is 5.55. The first-order valence-corrected chi connectivity index (χ1v) is 11.5. The number of barbiturate groups is 1. The molecular formula is C27H22ClFN2O5. The van der Waals surface area contributed by atoms with Gasteiger partial charge in [0, 0.05) is 5.56 Å². The van der Waals surface area contributed by atoms with Gasteiger partial charge in [0.1, 0.15) is 29.5 Å². The molecular weight excluding hydrogens is 487 g/mol. The van der Waals surface area contributed by atoms with Crippen LogP contribution in [0.15, 0.2) is 72.3 Å². The Kier molecular flexibility index (Phi) is 7.65. The van der Waals surface area contributed by atoms with E-state index in [9.17, 15) is 18.8 Å². The van der Waals surface area contributed by atoms with Gasteiger partial charge in [-0.25, -0.2) is 14.1 Å². The molecule has 3 aromatic rings. The average molecular weight is 509 g/mol. The summed E-state index contributed by atoms with van der Waals surface area (Å²) in [6.07, 6.45) is 2.18. The first-order valence-electron chi connectivity index (χ1n) is 11.2. The van der Waals surface area contributed by atoms with Crippen LogP contribution in [0.1, 0.15) is 24.5 Å². The summed E-state index contributed by atoms with van der Waals surface area (Å²) in [5.74, 6) is -1.07. The number of anilines is 1. The van der Waals surface area contributed by atoms with E-state index in [2.05, 4.69) is 5.32 Å². The number of halogens is 2. The molecule has 0 spiro atoms. The number of nitrogens with one attached hydrogen (secondary N) is 1. The topological polar surface area (TPSA) is 84.9 Å². The normalized spacial score (nSPS) is 14.7. The van der Waals surface area contributed by atoms with Crippen molar-refractivity contribution in [3.63, 3.8) is 0 Å². The van der Waals surface area contributed by atoms with Crippen molar-refractivity contribution >= 4 is 41.2 Å². The predicted octanol–water partition coefficient (Wildman–Crippen LogP) is 5.51. The number of hydrogen-bond donors (Lipinski definition) is 1. The summed E-state index contributed by atoms with van der Waals surface area (Å²) in [5, 5.41) is 2.39. The highest BCUT2D eigenvalue weighted by atomic mass is 35.5. The molecule has 1 aliphatic heterocycles. The summed E-state index contributed by atoms with van der Waals surface area (Å²) in [6, 6.07) is 16.5. The van der Waals surface area contributed by atoms with E-state index in [4.69, 9.17) is 21.1 Å². The van der Waals surface area contributed by atoms with Crippen molar-refractivity contribution in [2.45, 2.75) is 20.0 Å². The van der Waals surface area contributed by atoms with Crippen molar-refractivity contribution < 1.29 is 28.2 Å². The number of imide groups is 2. The highest BCUT2D eigenvalue weighted by Gasteiger charge is 2.36. The Morgan fingerprint density at radius 2 is 1.75 bits per heavy atom. The maximum atomic E-state index is 13.8. The molecule has 36 heavy (non-hydrogen) atoms. The number of hydrogen-bond acceptors (Lipinski definition) is 5. The van der Waals surface area contributed by atoms with Gasteiger partial charge in [-0.3, -0.25) is 14.9 Å². The predicted molar refractivity (Wildman–Crippen MR) is 133 cm³/mol. The Bertz CT molecular complexity index is 1340. The quantitative estimate of drug-likeness (QED) is 0.320. The lowest BCUT2D eigenvalue weighted by atomic mass is 10.1. The van der Waals surface area contributed by atoms with Gasteiger partial charge in [0.2, 0.25) is 0 Å². The van der Waals surface area contributed by atoms with Crippen LogP contribution in [0.5, 0.6) is 11.5 Å². The molecule has 0 unspecified atom stereocenters. The summed E-state index contributed by atoms with van der Waals surface area (Å²) in [6.45, 7) is 2.50. The van der Waals surface area contributed by atoms with Crippen LogP contribution in [0.4, 0.5) is 14.9 Å². The monoisotopic (exact) mass is 508 g/mol. The van der Waals surface area contributed by atoms with Crippen LogP contribution >= 0.6 is 11.6 Å². The molecule has 0 aromatic heterocycles. The molecule has 0 saturated carbocycles. The van der Waals surface area contributed by atoms with E-state index < -0.39 is 17.8 Å². The number of nitrogens with zero attached hydrogens (tertiary/aromatic N) is 1. The van der Waals surface area contributed by atoms with Gasteiger partial charge in [-0.2, -0.15) is 0 Å². The van der Waals surface area contributed by atoms with Gasteiger partial charge in [0.25, 0.3) is 11.8 Å². The third-order valence-electron chi connectivity index (χ3n) is 5.28. The van der Waals surface area contributed by atoms with Gasteiger partial charge in [0.15, 0.2) is 0 Å². The number of benzene rings is 3. The zero-order chi connectivity index (χ0) is 25.7. The van der Waals surface area contributed by atoms with Crippen molar-refractivity contribution in [3.8, 4) is 11.5 Å². The Labute approximate surface area is 212 Å². The van der Waals surface area contributed by atoms with E-state index in [1.165, 1.54) is 18.2 Å². The zero-order valence-corrected chi connectivity index (χ0v) is 20.0. The van der Waals surface area contributed by atoms with Gasteiger partial charge < -0.3 is 9.47 Å². The van der Waals surface area contributed by atoms with E-state index >= 15 is 0 Å². The highest BCUT2D eigenvalue weighted by molar-refractivity contribution is 6.39. The van der Waals surface area contributed by atoms with Crippen LogP contribution in [0.2, 0.25) is 5.02 Å². The molecule has 1 fully saturated rings. The third-order valence-corrected chi connectivity index (χ3v) is 5.57. The molecule has 4 amide bonds. The Hall–Kier alpha value is -4.17. The fraction of sp³-hybridized carbons (Fsp3) is 0.148. The van der Waals surface area contributed by atoms with Gasteiger partial charge in [0.05, 0.1) is 17.3 Å². The lowest BCUT2D eigenvalue weighted by Crippen LogP contribution is -2.54. The molecule has 0 bridgehead atoms. The summed E-state index contributed by atoms with van der Waals surface area (Å²) in [4.78, 5) is 38.9. The summed E-state index contributed by atoms with van der Waals surface area (Å²) < 4.78 is 25.0. The van der Waals surface area contributed by atoms with Crippen molar-refractivity contribution in [1.29, 1.82) is 0 Å². The Balaban J connectivity index is 1.53. The van der Waals surface area contributed by atoms with E-state index in [1.54, 1.807) is 54.6 Å². The van der Waals surface area contributed by atoms with Crippen molar-refractivity contribution in [2.75, 3.05) is 11.5 Å². The molecule has 1 saturated heterocycles. The second-order valence-electron chi connectivity index (χ2n) is 7.87. The van der Waals surface area contributed by atoms with E-state index in [1.807, 2.05) is 6.92 Å². The number of ether oxygens (including phenoxy) is 2. The highest BCUT2D eigenvalue weighted by Crippen LogP contribution is 2.29. The Morgan fingerprint density at radius 3 is 2.44 bits per heavy atom. The Morgan fingerprint density at radius 1 is 1.00 bits per heavy atom. The maximum Gasteiger partial charge on any atom is 0.335 e. The fourth-order valence-corrected chi connectivity index (χ4v) is 3.71. The number of amides is 4. The zero-order valence-electron chi connectivity index (χ0n) is 19.3. The largest absolute Gasteiger partial charge is 0.494 e. The van der Waals surface area contributed by atoms with E-state index in [0.29, 0.717) is 29.2 Å². The van der Waals surface area contributed by atoms with Crippen LogP contribution < -0.4 is 19.7 Å². The molecule has 9 heteroatoms. The summed E-state index contributed by atoms with van der Waals surface area (Å²) >= 11 is 6.31. The molecule has 0 atom stereocenters. The molecule has 0 aliphatic carbocycles. The number of carbonyl (C=O) groups is 3. The second-order valence-corrected chi connectivity index (χ2v) is 8.28. The molecule has 3 aromatic carbocycles. The molecule has 1 N–H and O–H groups in total. The van der Waals surface area contributed by atoms with Crippen molar-refractivity contribution in [1.82, 2.24) is 5.32 Å². The minimum absolute atomic E-state index is 0.0208. The first-order chi connectivity index (χ1) is 17.4. The van der Waals surface area contributed by atoms with Gasteiger partial charge >= 0.3 is 6.03 Å². The number of urea groups is 1. The van der Waals surface area contributed by atoms with Crippen LogP contribution in [-0.2, 0) is 16.2 Å². The van der Waals surface area contributed by atoms with Crippen molar-refractivity contribution in [2.24, 2.45) is 0 Å². The number of rotatable bonds is 8. The molecule has 1 aliphatic rings. The van der Waals surface area contributed by atoms with Crippen molar-refractivity contribution in [3.05, 3.63) is 94.3 Å². The van der Waals surface area contributed by atoms with Gasteiger partial charge in [-0.15, -0.1) is 0 Å². The molecule has 184 valence electrons. The van der Waals surface area contributed by atoms with Crippen LogP contribution in [0, 0.1) is 5.82 Å². The molecule has 7 nitrogen and oxygen atoms in total. The van der Waals surface area contributed by atoms with Crippen LogP contribution in [0.25, 0.3) is 6.08 Å². The lowest BCUT2D eigenvalue weighted by Gasteiger charge is -2.26. The standard InChI is InChI=1S/C27H22ClFN2O5/c1-2-13-35-20-10-8-19(9-11-20)31-26(33)21(25(32)30-27(31)34)14-17-7-12-24(22(28)15-17)36-16-18-5-3-4-6-23(18)29/h3-12,14-15H,2,13,16H2,1H3,(H,30,32,34)/b21-14-. The SMILES string of the molecule is CCCOc1ccc(N2C(=O)NC(=O)/C(=C/c3ccc(OCc4ccccc4F)c(Cl)c3)C2=O)cc1. The smallest absolute Gasteiger partial charge is 0.335 e. The first kappa shape index (κ1) is 24.9. The van der Waals surface area contributed by atoms with Crippen LogP contribution in [0.3, 0.4) is 0 Å². The van der Waals surface area contributed by atoms with Crippen LogP contribution in [-0.4, -0.2) is 24.5 Å². The molecule has 4 rings (SSSR count). The molecule has 1 heterocycles. The molecule has 0 radical (unpaired) electrons. The maximum absolute atomic E-state index is 13.8. The minimum atomic E-state index is -0.848. The number of carbonyl (C=O) groups excluding carboxylic acids is 3. The average Bonchev–Trinajstić information content (AvgIpc) is 2.86. The second kappa shape index (κ2) is 11.0. The van der Waals surface area contributed by atoms with E-state index in [-0.39, 0.29) is 28.7 Å².